The third-order valence-corrected chi connectivity index (χ3v) is 3.58. The SMILES string of the molecule is O=S(OC1CCC(F)C1)c1ccccc1. The lowest BCUT2D eigenvalue weighted by molar-refractivity contribution is 0.218. The average Bonchev–Trinajstić information content (AvgIpc) is 2.65. The van der Waals surface area contributed by atoms with Gasteiger partial charge in [-0.15, -0.1) is 0 Å². The Morgan fingerprint density at radius 2 is 2.00 bits per heavy atom. The van der Waals surface area contributed by atoms with E-state index in [0.29, 0.717) is 24.2 Å². The quantitative estimate of drug-likeness (QED) is 0.795. The molecule has 0 radical (unpaired) electrons. The van der Waals surface area contributed by atoms with Gasteiger partial charge >= 0.3 is 0 Å². The zero-order valence-electron chi connectivity index (χ0n) is 8.27. The molecule has 0 aromatic heterocycles. The van der Waals surface area contributed by atoms with E-state index in [-0.39, 0.29) is 6.10 Å². The fraction of sp³-hybridized carbons (Fsp3) is 0.455. The van der Waals surface area contributed by atoms with E-state index in [1.165, 1.54) is 0 Å². The molecule has 3 atom stereocenters. The first-order valence-corrected chi connectivity index (χ1v) is 6.11. The first kappa shape index (κ1) is 10.8. The van der Waals surface area contributed by atoms with Gasteiger partial charge in [-0.05, 0) is 25.0 Å². The first-order chi connectivity index (χ1) is 7.25. The van der Waals surface area contributed by atoms with Crippen molar-refractivity contribution in [2.45, 2.75) is 36.4 Å². The molecule has 4 heteroatoms. The van der Waals surface area contributed by atoms with E-state index in [2.05, 4.69) is 0 Å². The van der Waals surface area contributed by atoms with E-state index in [1.807, 2.05) is 18.2 Å². The van der Waals surface area contributed by atoms with Crippen molar-refractivity contribution < 1.29 is 12.8 Å². The van der Waals surface area contributed by atoms with Gasteiger partial charge in [0.05, 0.1) is 11.0 Å². The summed E-state index contributed by atoms with van der Waals surface area (Å²) in [6.45, 7) is 0. The van der Waals surface area contributed by atoms with Crippen molar-refractivity contribution in [1.29, 1.82) is 0 Å². The average molecular weight is 228 g/mol. The maximum absolute atomic E-state index is 12.8. The van der Waals surface area contributed by atoms with Crippen LogP contribution < -0.4 is 0 Å². The zero-order valence-corrected chi connectivity index (χ0v) is 9.08. The van der Waals surface area contributed by atoms with E-state index in [9.17, 15) is 8.60 Å². The predicted molar refractivity (Wildman–Crippen MR) is 56.5 cm³/mol. The molecule has 1 aromatic rings. The molecule has 0 aliphatic heterocycles. The molecule has 1 aromatic carbocycles. The standard InChI is InChI=1S/C11H13FO2S/c12-9-6-7-10(8-9)14-15(13)11-4-2-1-3-5-11/h1-5,9-10H,6-8H2. The second kappa shape index (κ2) is 4.86. The lowest BCUT2D eigenvalue weighted by Crippen LogP contribution is -2.11. The van der Waals surface area contributed by atoms with Crippen molar-refractivity contribution in [1.82, 2.24) is 0 Å². The van der Waals surface area contributed by atoms with Gasteiger partial charge in [-0.3, -0.25) is 4.18 Å². The second-order valence-corrected chi connectivity index (χ2v) is 4.81. The Bertz CT molecular complexity index is 342. The third-order valence-electron chi connectivity index (χ3n) is 2.48. The Labute approximate surface area is 91.1 Å². The third kappa shape index (κ3) is 2.86. The Morgan fingerprint density at radius 1 is 1.27 bits per heavy atom. The minimum Gasteiger partial charge on any atom is -0.283 e. The van der Waals surface area contributed by atoms with Gasteiger partial charge in [0.15, 0.2) is 11.1 Å². The topological polar surface area (TPSA) is 26.3 Å². The Hall–Kier alpha value is -0.740. The first-order valence-electron chi connectivity index (χ1n) is 5.04. The molecule has 2 nitrogen and oxygen atoms in total. The van der Waals surface area contributed by atoms with Crippen molar-refractivity contribution in [3.8, 4) is 0 Å². The molecular weight excluding hydrogens is 215 g/mol. The van der Waals surface area contributed by atoms with Gasteiger partial charge in [-0.1, -0.05) is 18.2 Å². The Balaban J connectivity index is 1.93. The van der Waals surface area contributed by atoms with Crippen molar-refractivity contribution in [2.75, 3.05) is 0 Å². The van der Waals surface area contributed by atoms with Gasteiger partial charge < -0.3 is 0 Å². The molecule has 0 amide bonds. The summed E-state index contributed by atoms with van der Waals surface area (Å²) in [5.41, 5.74) is 0. The zero-order chi connectivity index (χ0) is 10.7. The number of benzene rings is 1. The predicted octanol–water partition coefficient (Wildman–Crippen LogP) is 2.62. The van der Waals surface area contributed by atoms with Gasteiger partial charge in [-0.2, -0.15) is 0 Å². The second-order valence-electron chi connectivity index (χ2n) is 3.68. The Morgan fingerprint density at radius 3 is 2.60 bits per heavy atom. The fourth-order valence-corrected chi connectivity index (χ4v) is 2.60. The van der Waals surface area contributed by atoms with Gasteiger partial charge in [0.25, 0.3) is 0 Å². The number of halogens is 1. The molecule has 1 aliphatic carbocycles. The van der Waals surface area contributed by atoms with Crippen LogP contribution in [-0.4, -0.2) is 16.5 Å². The monoisotopic (exact) mass is 228 g/mol. The molecule has 3 unspecified atom stereocenters. The summed E-state index contributed by atoms with van der Waals surface area (Å²) in [4.78, 5) is 0.639. The smallest absolute Gasteiger partial charge is 0.189 e. The van der Waals surface area contributed by atoms with Crippen LogP contribution >= 0.6 is 0 Å². The minimum atomic E-state index is -1.45. The van der Waals surface area contributed by atoms with Gasteiger partial charge in [-0.25, -0.2) is 8.60 Å². The molecular formula is C11H13FO2S. The van der Waals surface area contributed by atoms with E-state index in [1.54, 1.807) is 12.1 Å². The minimum absolute atomic E-state index is 0.193. The van der Waals surface area contributed by atoms with Crippen LogP contribution in [0.25, 0.3) is 0 Å². The summed E-state index contributed by atoms with van der Waals surface area (Å²) in [6, 6.07) is 8.97. The summed E-state index contributed by atoms with van der Waals surface area (Å²) in [7, 11) is 0. The maximum atomic E-state index is 12.8. The van der Waals surface area contributed by atoms with E-state index in [0.717, 1.165) is 0 Å². The summed E-state index contributed by atoms with van der Waals surface area (Å²) in [6.07, 6.45) is 0.582. The van der Waals surface area contributed by atoms with E-state index < -0.39 is 17.3 Å². The van der Waals surface area contributed by atoms with Crippen LogP contribution in [0, 0.1) is 0 Å². The van der Waals surface area contributed by atoms with Crippen LogP contribution in [-0.2, 0) is 15.3 Å². The highest BCUT2D eigenvalue weighted by molar-refractivity contribution is 7.80. The van der Waals surface area contributed by atoms with Crippen LogP contribution in [0.4, 0.5) is 4.39 Å². The van der Waals surface area contributed by atoms with E-state index in [4.69, 9.17) is 4.18 Å². The highest BCUT2D eigenvalue weighted by atomic mass is 32.2. The maximum Gasteiger partial charge on any atom is 0.189 e. The van der Waals surface area contributed by atoms with Crippen LogP contribution in [0.3, 0.4) is 0 Å². The molecule has 0 heterocycles. The number of rotatable bonds is 3. The number of alkyl halides is 1. The molecule has 1 fully saturated rings. The van der Waals surface area contributed by atoms with Crippen molar-refractivity contribution in [3.63, 3.8) is 0 Å². The summed E-state index contributed by atoms with van der Waals surface area (Å²) >= 11 is -1.45. The summed E-state index contributed by atoms with van der Waals surface area (Å²) < 4.78 is 29.8. The largest absolute Gasteiger partial charge is 0.283 e. The van der Waals surface area contributed by atoms with Gasteiger partial charge in [0.1, 0.15) is 6.17 Å². The molecule has 0 spiro atoms. The number of hydrogen-bond donors (Lipinski definition) is 0. The van der Waals surface area contributed by atoms with Crippen molar-refractivity contribution in [3.05, 3.63) is 30.3 Å². The normalized spacial score (nSPS) is 27.8. The molecule has 0 bridgehead atoms. The molecule has 0 N–H and O–H groups in total. The fourth-order valence-electron chi connectivity index (χ4n) is 1.69. The Kier molecular flexibility index (Phi) is 3.49. The van der Waals surface area contributed by atoms with Crippen molar-refractivity contribution in [2.24, 2.45) is 0 Å². The molecule has 0 saturated heterocycles. The number of hydrogen-bond acceptors (Lipinski definition) is 2. The van der Waals surface area contributed by atoms with Crippen LogP contribution in [0.1, 0.15) is 19.3 Å². The molecule has 1 saturated carbocycles. The van der Waals surface area contributed by atoms with E-state index >= 15 is 0 Å². The molecule has 1 aliphatic rings. The van der Waals surface area contributed by atoms with Crippen molar-refractivity contribution >= 4 is 11.1 Å². The van der Waals surface area contributed by atoms with Gasteiger partial charge in [0.2, 0.25) is 0 Å². The van der Waals surface area contributed by atoms with Crippen LogP contribution in [0.5, 0.6) is 0 Å². The molecule has 2 rings (SSSR count). The van der Waals surface area contributed by atoms with Crippen LogP contribution in [0.15, 0.2) is 35.2 Å². The summed E-state index contributed by atoms with van der Waals surface area (Å²) in [5, 5.41) is 0. The van der Waals surface area contributed by atoms with Gasteiger partial charge in [0, 0.05) is 6.42 Å². The molecule has 82 valence electrons. The highest BCUT2D eigenvalue weighted by Crippen LogP contribution is 2.26. The lowest BCUT2D eigenvalue weighted by atomic mass is 10.3. The molecule has 15 heavy (non-hydrogen) atoms. The summed E-state index contributed by atoms with van der Waals surface area (Å²) in [5.74, 6) is 0. The lowest BCUT2D eigenvalue weighted by Gasteiger charge is -2.09. The van der Waals surface area contributed by atoms with Crippen LogP contribution in [0.2, 0.25) is 0 Å². The highest BCUT2D eigenvalue weighted by Gasteiger charge is 2.26.